The molecule has 0 aromatic carbocycles. The zero-order chi connectivity index (χ0) is 8.43. The molecule has 11 heavy (non-hydrogen) atoms. The Hall–Kier alpha value is -0.690. The lowest BCUT2D eigenvalue weighted by Crippen LogP contribution is -2.39. The molecule has 0 aromatic heterocycles. The van der Waals surface area contributed by atoms with Crippen molar-refractivity contribution in [1.29, 1.82) is 0 Å². The summed E-state index contributed by atoms with van der Waals surface area (Å²) in [5.74, 6) is 4.15. The average Bonchev–Trinajstić information content (AvgIpc) is 2.67. The van der Waals surface area contributed by atoms with Gasteiger partial charge in [0.25, 0.3) is 5.91 Å². The molecule has 2 unspecified atom stereocenters. The van der Waals surface area contributed by atoms with Crippen LogP contribution >= 0.6 is 0 Å². The van der Waals surface area contributed by atoms with Crippen molar-refractivity contribution < 1.29 is 14.4 Å². The minimum Gasteiger partial charge on any atom is -0.366 e. The summed E-state index contributed by atoms with van der Waals surface area (Å²) in [5.41, 5.74) is 10.0. The van der Waals surface area contributed by atoms with E-state index in [1.807, 2.05) is 0 Å². The molecule has 0 radical (unpaired) electrons. The van der Waals surface area contributed by atoms with Gasteiger partial charge in [-0.2, -0.15) is 0 Å². The molecule has 64 valence electrons. The van der Waals surface area contributed by atoms with Crippen molar-refractivity contribution in [2.24, 2.45) is 17.4 Å². The summed E-state index contributed by atoms with van der Waals surface area (Å²) in [6.45, 7) is 0. The van der Waals surface area contributed by atoms with Crippen molar-refractivity contribution >= 4 is 5.91 Å². The second-order valence-electron chi connectivity index (χ2n) is 2.41. The maximum absolute atomic E-state index is 10.4. The van der Waals surface area contributed by atoms with Gasteiger partial charge < -0.3 is 10.5 Å². The number of ether oxygens (including phenoxy) is 1. The summed E-state index contributed by atoms with van der Waals surface area (Å²) in [7, 11) is 0. The predicted octanol–water partition coefficient (Wildman–Crippen LogP) is -2.20. The number of nitrogens with two attached hydrogens (primary N) is 3. The van der Waals surface area contributed by atoms with E-state index < -0.39 is 12.1 Å². The molecule has 0 heterocycles. The van der Waals surface area contributed by atoms with Gasteiger partial charge in [0, 0.05) is 6.42 Å². The molecule has 1 amide bonds. The van der Waals surface area contributed by atoms with Crippen molar-refractivity contribution in [2.75, 3.05) is 0 Å². The van der Waals surface area contributed by atoms with Crippen LogP contribution in [-0.4, -0.2) is 24.3 Å². The van der Waals surface area contributed by atoms with Crippen LogP contribution in [0.2, 0.25) is 0 Å². The molecule has 1 saturated carbocycles. The Balaban J connectivity index is 2.18. The van der Waals surface area contributed by atoms with Gasteiger partial charge >= 0.3 is 0 Å². The maximum Gasteiger partial charge on any atom is 0.261 e. The molecule has 1 fully saturated rings. The van der Waals surface area contributed by atoms with E-state index in [0.717, 1.165) is 0 Å². The van der Waals surface area contributed by atoms with E-state index in [1.54, 1.807) is 0 Å². The highest BCUT2D eigenvalue weighted by Gasteiger charge is 2.41. The SMILES string of the molecule is NOC1CC1O[C@H](N)C(N)=O. The highest BCUT2D eigenvalue weighted by Crippen LogP contribution is 2.27. The number of carbonyl (C=O) groups excluding carboxylic acids is 1. The summed E-state index contributed by atoms with van der Waals surface area (Å²) >= 11 is 0. The van der Waals surface area contributed by atoms with Crippen LogP contribution in [0.3, 0.4) is 0 Å². The van der Waals surface area contributed by atoms with Crippen LogP contribution in [0.15, 0.2) is 0 Å². The Kier molecular flexibility index (Phi) is 2.40. The minimum atomic E-state index is -1.06. The first-order valence-corrected chi connectivity index (χ1v) is 3.21. The van der Waals surface area contributed by atoms with Crippen LogP contribution in [0, 0.1) is 0 Å². The van der Waals surface area contributed by atoms with Crippen molar-refractivity contribution in [1.82, 2.24) is 0 Å². The average molecular weight is 161 g/mol. The molecular weight excluding hydrogens is 150 g/mol. The van der Waals surface area contributed by atoms with Crippen LogP contribution < -0.4 is 17.4 Å². The molecule has 0 aromatic rings. The molecule has 1 rings (SSSR count). The monoisotopic (exact) mass is 161 g/mol. The van der Waals surface area contributed by atoms with E-state index in [-0.39, 0.29) is 12.2 Å². The Morgan fingerprint density at radius 2 is 2.18 bits per heavy atom. The lowest BCUT2D eigenvalue weighted by Gasteiger charge is -2.07. The summed E-state index contributed by atoms with van der Waals surface area (Å²) in [6, 6.07) is 0. The van der Waals surface area contributed by atoms with E-state index in [4.69, 9.17) is 22.1 Å². The number of rotatable bonds is 4. The summed E-state index contributed by atoms with van der Waals surface area (Å²) in [5, 5.41) is 0. The Morgan fingerprint density at radius 1 is 1.55 bits per heavy atom. The van der Waals surface area contributed by atoms with Gasteiger partial charge in [-0.05, 0) is 0 Å². The first-order chi connectivity index (χ1) is 5.15. The molecule has 0 saturated heterocycles. The smallest absolute Gasteiger partial charge is 0.261 e. The second kappa shape index (κ2) is 3.14. The first-order valence-electron chi connectivity index (χ1n) is 3.21. The van der Waals surface area contributed by atoms with Crippen molar-refractivity contribution in [3.63, 3.8) is 0 Å². The van der Waals surface area contributed by atoms with Gasteiger partial charge in [-0.3, -0.25) is 15.4 Å². The normalized spacial score (nSPS) is 31.5. The molecule has 6 nitrogen and oxygen atoms in total. The Morgan fingerprint density at radius 3 is 2.55 bits per heavy atom. The summed E-state index contributed by atoms with van der Waals surface area (Å²) in [4.78, 5) is 14.8. The van der Waals surface area contributed by atoms with Crippen molar-refractivity contribution in [3.8, 4) is 0 Å². The minimum absolute atomic E-state index is 0.139. The lowest BCUT2D eigenvalue weighted by atomic mass is 10.5. The molecule has 6 heteroatoms. The quantitative estimate of drug-likeness (QED) is 0.320. The van der Waals surface area contributed by atoms with Gasteiger partial charge in [-0.15, -0.1) is 0 Å². The Labute approximate surface area is 63.6 Å². The van der Waals surface area contributed by atoms with Crippen LogP contribution in [-0.2, 0) is 14.4 Å². The van der Waals surface area contributed by atoms with Gasteiger partial charge in [0.2, 0.25) is 0 Å². The largest absolute Gasteiger partial charge is 0.366 e. The van der Waals surface area contributed by atoms with Gasteiger partial charge in [-0.1, -0.05) is 0 Å². The number of hydrogen-bond donors (Lipinski definition) is 3. The highest BCUT2D eigenvalue weighted by atomic mass is 16.7. The number of amides is 1. The molecule has 1 aliphatic carbocycles. The number of carbonyl (C=O) groups is 1. The fraction of sp³-hybridized carbons (Fsp3) is 0.800. The van der Waals surface area contributed by atoms with Crippen LogP contribution in [0.4, 0.5) is 0 Å². The third kappa shape index (κ3) is 2.12. The third-order valence-electron chi connectivity index (χ3n) is 1.45. The van der Waals surface area contributed by atoms with E-state index >= 15 is 0 Å². The van der Waals surface area contributed by atoms with Gasteiger partial charge in [0.05, 0.1) is 6.10 Å². The Bertz CT molecular complexity index is 163. The van der Waals surface area contributed by atoms with Gasteiger partial charge in [0.15, 0.2) is 6.23 Å². The zero-order valence-electron chi connectivity index (χ0n) is 5.90. The van der Waals surface area contributed by atoms with Crippen molar-refractivity contribution in [2.45, 2.75) is 24.9 Å². The van der Waals surface area contributed by atoms with E-state index in [9.17, 15) is 4.79 Å². The molecule has 0 spiro atoms. The summed E-state index contributed by atoms with van der Waals surface area (Å²) < 4.78 is 4.92. The molecule has 0 aliphatic heterocycles. The number of primary amides is 1. The van der Waals surface area contributed by atoms with Crippen LogP contribution in [0.5, 0.6) is 0 Å². The molecular formula is C5H11N3O3. The predicted molar refractivity (Wildman–Crippen MR) is 35.7 cm³/mol. The molecule has 1 aliphatic rings. The zero-order valence-corrected chi connectivity index (χ0v) is 5.90. The van der Waals surface area contributed by atoms with E-state index in [2.05, 4.69) is 4.84 Å². The standard InChI is InChI=1S/C5H11N3O3/c6-4(9)5(7)10-2-1-3(2)11-8/h2-3,5H,1,7-8H2,(H2,6,9)/t2?,3?,5-/m0/s1. The molecule has 6 N–H and O–H groups in total. The van der Waals surface area contributed by atoms with Crippen LogP contribution in [0.1, 0.15) is 6.42 Å². The van der Waals surface area contributed by atoms with E-state index in [0.29, 0.717) is 6.42 Å². The van der Waals surface area contributed by atoms with Gasteiger partial charge in [-0.25, -0.2) is 5.90 Å². The molecule has 0 bridgehead atoms. The first kappa shape index (κ1) is 8.41. The van der Waals surface area contributed by atoms with Gasteiger partial charge in [0.1, 0.15) is 6.10 Å². The summed E-state index contributed by atoms with van der Waals surface area (Å²) in [6.07, 6.45) is -0.708. The topological polar surface area (TPSA) is 114 Å². The third-order valence-corrected chi connectivity index (χ3v) is 1.45. The maximum atomic E-state index is 10.4. The lowest BCUT2D eigenvalue weighted by molar-refractivity contribution is -0.131. The highest BCUT2D eigenvalue weighted by molar-refractivity contribution is 5.78. The van der Waals surface area contributed by atoms with E-state index in [1.165, 1.54) is 0 Å². The second-order valence-corrected chi connectivity index (χ2v) is 2.41. The van der Waals surface area contributed by atoms with Crippen molar-refractivity contribution in [3.05, 3.63) is 0 Å². The fourth-order valence-corrected chi connectivity index (χ4v) is 0.692. The molecule has 3 atom stereocenters. The van der Waals surface area contributed by atoms with Crippen LogP contribution in [0.25, 0.3) is 0 Å². The number of hydrogen-bond acceptors (Lipinski definition) is 5. The fourth-order valence-electron chi connectivity index (χ4n) is 0.692.